The minimum absolute atomic E-state index is 0.0151. The maximum Gasteiger partial charge on any atom is 0.234 e. The molecular formula is C16H32N2O2S. The molecule has 5 heteroatoms. The maximum absolute atomic E-state index is 11.7. The minimum atomic E-state index is 0.0151. The van der Waals surface area contributed by atoms with E-state index >= 15 is 0 Å². The summed E-state index contributed by atoms with van der Waals surface area (Å²) in [7, 11) is 0. The standard InChI is InChI=1S/C16H32N2O2S/c1-12(2)17-16(19)11-18-9-7-15(8-10-18)6-5-13(3)20-14(4)21/h12-15,21H,5-11H2,1-4H3,(H,17,19). The summed E-state index contributed by atoms with van der Waals surface area (Å²) in [6.07, 6.45) is 4.99. The quantitative estimate of drug-likeness (QED) is 0.534. The molecule has 2 unspecified atom stereocenters. The summed E-state index contributed by atoms with van der Waals surface area (Å²) in [5.41, 5.74) is 0.0151. The Hall–Kier alpha value is -0.260. The average Bonchev–Trinajstić information content (AvgIpc) is 2.36. The second kappa shape index (κ2) is 9.70. The van der Waals surface area contributed by atoms with Gasteiger partial charge in [0.1, 0.15) is 0 Å². The van der Waals surface area contributed by atoms with E-state index in [0.29, 0.717) is 6.54 Å². The third kappa shape index (κ3) is 8.69. The summed E-state index contributed by atoms with van der Waals surface area (Å²) in [6.45, 7) is 10.7. The third-order valence-corrected chi connectivity index (χ3v) is 4.06. The van der Waals surface area contributed by atoms with Crippen molar-refractivity contribution in [3.8, 4) is 0 Å². The van der Waals surface area contributed by atoms with Crippen LogP contribution in [0.15, 0.2) is 0 Å². The molecule has 0 spiro atoms. The first kappa shape index (κ1) is 18.8. The number of nitrogens with zero attached hydrogens (tertiary/aromatic N) is 1. The van der Waals surface area contributed by atoms with Crippen LogP contribution >= 0.6 is 12.6 Å². The van der Waals surface area contributed by atoms with E-state index in [1.54, 1.807) is 0 Å². The van der Waals surface area contributed by atoms with Gasteiger partial charge >= 0.3 is 0 Å². The fourth-order valence-corrected chi connectivity index (χ4v) is 3.09. The van der Waals surface area contributed by atoms with Crippen LogP contribution in [0.3, 0.4) is 0 Å². The molecule has 0 aromatic rings. The number of amides is 1. The van der Waals surface area contributed by atoms with E-state index in [1.165, 1.54) is 19.3 Å². The highest BCUT2D eigenvalue weighted by Gasteiger charge is 2.21. The van der Waals surface area contributed by atoms with Crippen molar-refractivity contribution in [1.82, 2.24) is 10.2 Å². The first-order chi connectivity index (χ1) is 9.86. The second-order valence-electron chi connectivity index (χ2n) is 6.57. The Bertz CT molecular complexity index is 303. The van der Waals surface area contributed by atoms with Gasteiger partial charge in [0.2, 0.25) is 5.91 Å². The molecule has 0 aromatic carbocycles. The normalized spacial score (nSPS) is 20.5. The molecule has 1 N–H and O–H groups in total. The van der Waals surface area contributed by atoms with Gasteiger partial charge in [0.15, 0.2) is 0 Å². The van der Waals surface area contributed by atoms with Crippen LogP contribution in [-0.4, -0.2) is 48.0 Å². The zero-order valence-corrected chi connectivity index (χ0v) is 14.9. The molecule has 1 heterocycles. The Balaban J connectivity index is 2.16. The minimum Gasteiger partial charge on any atom is -0.365 e. The fourth-order valence-electron chi connectivity index (χ4n) is 2.88. The molecule has 1 amide bonds. The Morgan fingerprint density at radius 1 is 1.29 bits per heavy atom. The molecule has 4 nitrogen and oxygen atoms in total. The van der Waals surface area contributed by atoms with Crippen molar-refractivity contribution in [1.29, 1.82) is 0 Å². The lowest BCUT2D eigenvalue weighted by atomic mass is 9.91. The van der Waals surface area contributed by atoms with Crippen LogP contribution in [0.4, 0.5) is 0 Å². The molecule has 1 aliphatic heterocycles. The highest BCUT2D eigenvalue weighted by molar-refractivity contribution is 7.80. The van der Waals surface area contributed by atoms with E-state index in [-0.39, 0.29) is 23.5 Å². The topological polar surface area (TPSA) is 41.6 Å². The molecule has 0 aromatic heterocycles. The fraction of sp³-hybridized carbons (Fsp3) is 0.938. The molecule has 1 fully saturated rings. The number of carbonyl (C=O) groups excluding carboxylic acids is 1. The Morgan fingerprint density at radius 3 is 2.43 bits per heavy atom. The second-order valence-corrected chi connectivity index (χ2v) is 7.29. The van der Waals surface area contributed by atoms with Crippen molar-refractivity contribution in [3.63, 3.8) is 0 Å². The number of piperidine rings is 1. The van der Waals surface area contributed by atoms with Gasteiger partial charge in [-0.2, -0.15) is 0 Å². The van der Waals surface area contributed by atoms with Crippen LogP contribution in [0.5, 0.6) is 0 Å². The van der Waals surface area contributed by atoms with E-state index < -0.39 is 0 Å². The summed E-state index contributed by atoms with van der Waals surface area (Å²) in [5.74, 6) is 0.920. The number of hydrogen-bond donors (Lipinski definition) is 2. The summed E-state index contributed by atoms with van der Waals surface area (Å²) in [6, 6.07) is 0.228. The van der Waals surface area contributed by atoms with E-state index in [0.717, 1.165) is 25.4 Å². The lowest BCUT2D eigenvalue weighted by Gasteiger charge is -2.32. The third-order valence-electron chi connectivity index (χ3n) is 3.93. The summed E-state index contributed by atoms with van der Waals surface area (Å²) in [4.78, 5) is 14.0. The van der Waals surface area contributed by atoms with Crippen LogP contribution < -0.4 is 5.32 Å². The Morgan fingerprint density at radius 2 is 1.90 bits per heavy atom. The number of hydrogen-bond acceptors (Lipinski definition) is 4. The lowest BCUT2D eigenvalue weighted by molar-refractivity contribution is -0.123. The number of thiol groups is 1. The first-order valence-electron chi connectivity index (χ1n) is 8.22. The van der Waals surface area contributed by atoms with E-state index in [2.05, 4.69) is 29.8 Å². The van der Waals surface area contributed by atoms with E-state index in [4.69, 9.17) is 4.74 Å². The van der Waals surface area contributed by atoms with Crippen LogP contribution in [0, 0.1) is 5.92 Å². The van der Waals surface area contributed by atoms with E-state index in [1.807, 2.05) is 20.8 Å². The molecule has 2 atom stereocenters. The zero-order valence-electron chi connectivity index (χ0n) is 14.0. The SMILES string of the molecule is CC(C)NC(=O)CN1CCC(CCC(C)OC(C)S)CC1. The molecule has 0 bridgehead atoms. The molecule has 0 radical (unpaired) electrons. The van der Waals surface area contributed by atoms with Crippen molar-refractivity contribution >= 4 is 18.5 Å². The van der Waals surface area contributed by atoms with Crippen molar-refractivity contribution in [2.75, 3.05) is 19.6 Å². The summed E-state index contributed by atoms with van der Waals surface area (Å²) < 4.78 is 5.65. The maximum atomic E-state index is 11.7. The van der Waals surface area contributed by atoms with Crippen molar-refractivity contribution in [3.05, 3.63) is 0 Å². The molecule has 124 valence electrons. The summed E-state index contributed by atoms with van der Waals surface area (Å²) >= 11 is 4.26. The van der Waals surface area contributed by atoms with Crippen LogP contribution in [0.1, 0.15) is 53.4 Å². The van der Waals surface area contributed by atoms with Gasteiger partial charge in [0, 0.05) is 6.04 Å². The highest BCUT2D eigenvalue weighted by Crippen LogP contribution is 2.23. The van der Waals surface area contributed by atoms with Gasteiger partial charge < -0.3 is 10.1 Å². The van der Waals surface area contributed by atoms with Crippen LogP contribution in [0.2, 0.25) is 0 Å². The van der Waals surface area contributed by atoms with Gasteiger partial charge in [-0.1, -0.05) is 0 Å². The van der Waals surface area contributed by atoms with Gasteiger partial charge in [-0.3, -0.25) is 9.69 Å². The number of rotatable bonds is 8. The molecule has 1 aliphatic rings. The van der Waals surface area contributed by atoms with Crippen LogP contribution in [0.25, 0.3) is 0 Å². The molecule has 1 saturated heterocycles. The predicted octanol–water partition coefficient (Wildman–Crippen LogP) is 2.68. The van der Waals surface area contributed by atoms with Crippen molar-refractivity contribution in [2.24, 2.45) is 5.92 Å². The summed E-state index contributed by atoms with van der Waals surface area (Å²) in [5, 5.41) is 2.96. The average molecular weight is 317 g/mol. The molecule has 1 rings (SSSR count). The smallest absolute Gasteiger partial charge is 0.234 e. The number of carbonyl (C=O) groups is 1. The lowest BCUT2D eigenvalue weighted by Crippen LogP contribution is -2.43. The number of nitrogens with one attached hydrogen (secondary N) is 1. The monoisotopic (exact) mass is 316 g/mol. The van der Waals surface area contributed by atoms with Gasteiger partial charge in [-0.15, -0.1) is 12.6 Å². The predicted molar refractivity (Wildman–Crippen MR) is 90.7 cm³/mol. The van der Waals surface area contributed by atoms with E-state index in [9.17, 15) is 4.79 Å². The number of likely N-dealkylation sites (tertiary alicyclic amines) is 1. The Kier molecular flexibility index (Phi) is 8.67. The van der Waals surface area contributed by atoms with Gasteiger partial charge in [-0.25, -0.2) is 0 Å². The first-order valence-corrected chi connectivity index (χ1v) is 8.73. The molecule has 0 saturated carbocycles. The van der Waals surface area contributed by atoms with Gasteiger partial charge in [-0.05, 0) is 72.4 Å². The zero-order chi connectivity index (χ0) is 15.8. The van der Waals surface area contributed by atoms with Crippen molar-refractivity contribution in [2.45, 2.75) is 71.0 Å². The van der Waals surface area contributed by atoms with Crippen LogP contribution in [-0.2, 0) is 9.53 Å². The molecular weight excluding hydrogens is 284 g/mol. The van der Waals surface area contributed by atoms with Gasteiger partial charge in [0.05, 0.1) is 18.1 Å². The largest absolute Gasteiger partial charge is 0.365 e. The molecule has 0 aliphatic carbocycles. The number of ether oxygens (including phenoxy) is 1. The van der Waals surface area contributed by atoms with Gasteiger partial charge in [0.25, 0.3) is 0 Å². The Labute approximate surface area is 135 Å². The van der Waals surface area contributed by atoms with Crippen molar-refractivity contribution < 1.29 is 9.53 Å². The molecule has 21 heavy (non-hydrogen) atoms. The highest BCUT2D eigenvalue weighted by atomic mass is 32.1.